The number of anilines is 1. The van der Waals surface area contributed by atoms with Crippen molar-refractivity contribution in [3.05, 3.63) is 23.9 Å². The van der Waals surface area contributed by atoms with E-state index in [0.29, 0.717) is 0 Å². The van der Waals surface area contributed by atoms with E-state index in [9.17, 15) is 0 Å². The Kier molecular flexibility index (Phi) is 2.62. The van der Waals surface area contributed by atoms with E-state index >= 15 is 0 Å². The molecule has 1 aromatic heterocycles. The normalized spacial score (nSPS) is 10.2. The molecule has 0 saturated carbocycles. The molecule has 1 heterocycles. The minimum atomic E-state index is 0.0223. The molecule has 5 heteroatoms. The number of hydrogen-bond donors (Lipinski definition) is 3. The largest absolute Gasteiger partial charge is 0.384 e. The van der Waals surface area contributed by atoms with Crippen molar-refractivity contribution in [1.82, 2.24) is 4.98 Å². The van der Waals surface area contributed by atoms with Gasteiger partial charge < -0.3 is 11.1 Å². The highest BCUT2D eigenvalue weighted by atomic mass is 32.1. The fourth-order valence-electron chi connectivity index (χ4n) is 0.497. The summed E-state index contributed by atoms with van der Waals surface area (Å²) in [5.74, 6) is 0.0223. The van der Waals surface area contributed by atoms with Crippen LogP contribution in [0.25, 0.3) is 0 Å². The molecule has 4 nitrogen and oxygen atoms in total. The fourth-order valence-corrected chi connectivity index (χ4v) is 1.01. The third kappa shape index (κ3) is 2.81. The van der Waals surface area contributed by atoms with Crippen molar-refractivity contribution in [3.8, 4) is 0 Å². The topological polar surface area (TPSA) is 74.8 Å². The van der Waals surface area contributed by atoms with Crippen LogP contribution < -0.4 is 11.1 Å². The van der Waals surface area contributed by atoms with Crippen LogP contribution in [-0.4, -0.2) is 10.8 Å². The highest BCUT2D eigenvalue weighted by Crippen LogP contribution is 2.09. The van der Waals surface area contributed by atoms with Gasteiger partial charge in [-0.1, -0.05) is 0 Å². The highest BCUT2D eigenvalue weighted by molar-refractivity contribution is 7.13. The molecule has 0 aliphatic rings. The van der Waals surface area contributed by atoms with Gasteiger partial charge in [0.05, 0.1) is 0 Å². The number of rotatable bonds is 3. The van der Waals surface area contributed by atoms with Crippen molar-refractivity contribution >= 4 is 22.3 Å². The highest BCUT2D eigenvalue weighted by Gasteiger charge is 1.86. The first kappa shape index (κ1) is 7.74. The molecule has 58 valence electrons. The SMILES string of the molecule is N=C(N)/C=C\Nc1nccs1. The second-order valence-electron chi connectivity index (χ2n) is 1.77. The summed E-state index contributed by atoms with van der Waals surface area (Å²) in [5, 5.41) is 12.4. The average Bonchev–Trinajstić information content (AvgIpc) is 2.39. The third-order valence-corrected chi connectivity index (χ3v) is 1.61. The number of hydrogen-bond acceptors (Lipinski definition) is 4. The molecule has 0 aliphatic carbocycles. The Labute approximate surface area is 68.3 Å². The summed E-state index contributed by atoms with van der Waals surface area (Å²) < 4.78 is 0. The van der Waals surface area contributed by atoms with Crippen LogP contribution in [0.1, 0.15) is 0 Å². The number of nitrogens with two attached hydrogens (primary N) is 1. The van der Waals surface area contributed by atoms with Gasteiger partial charge in [0.2, 0.25) is 0 Å². The van der Waals surface area contributed by atoms with Gasteiger partial charge in [-0.05, 0) is 6.08 Å². The zero-order valence-corrected chi connectivity index (χ0v) is 6.56. The van der Waals surface area contributed by atoms with Gasteiger partial charge in [-0.15, -0.1) is 11.3 Å². The van der Waals surface area contributed by atoms with E-state index in [1.165, 1.54) is 17.4 Å². The fraction of sp³-hybridized carbons (Fsp3) is 0. The minimum absolute atomic E-state index is 0.0223. The van der Waals surface area contributed by atoms with Gasteiger partial charge in [0, 0.05) is 17.8 Å². The smallest absolute Gasteiger partial charge is 0.186 e. The first-order chi connectivity index (χ1) is 5.29. The average molecular weight is 168 g/mol. The Morgan fingerprint density at radius 2 is 2.64 bits per heavy atom. The molecule has 0 aromatic carbocycles. The lowest BCUT2D eigenvalue weighted by Gasteiger charge is -1.90. The van der Waals surface area contributed by atoms with Gasteiger partial charge >= 0.3 is 0 Å². The second kappa shape index (κ2) is 3.72. The Morgan fingerprint density at radius 3 is 3.18 bits per heavy atom. The summed E-state index contributed by atoms with van der Waals surface area (Å²) in [5.41, 5.74) is 5.07. The van der Waals surface area contributed by atoms with Crippen LogP contribution in [0.5, 0.6) is 0 Å². The second-order valence-corrected chi connectivity index (χ2v) is 2.66. The van der Waals surface area contributed by atoms with E-state index in [-0.39, 0.29) is 5.84 Å². The van der Waals surface area contributed by atoms with Crippen LogP contribution in [0.4, 0.5) is 5.13 Å². The van der Waals surface area contributed by atoms with Crippen molar-refractivity contribution in [2.24, 2.45) is 5.73 Å². The maximum Gasteiger partial charge on any atom is 0.186 e. The number of nitrogens with zero attached hydrogens (tertiary/aromatic N) is 1. The first-order valence-corrected chi connectivity index (χ1v) is 3.83. The van der Waals surface area contributed by atoms with Crippen molar-refractivity contribution < 1.29 is 0 Å². The molecule has 1 aromatic rings. The van der Waals surface area contributed by atoms with Gasteiger partial charge in [-0.25, -0.2) is 4.98 Å². The lowest BCUT2D eigenvalue weighted by Crippen LogP contribution is -2.05. The maximum absolute atomic E-state index is 6.86. The van der Waals surface area contributed by atoms with Crippen LogP contribution in [0, 0.1) is 5.41 Å². The molecular weight excluding hydrogens is 160 g/mol. The van der Waals surface area contributed by atoms with Gasteiger partial charge in [0.1, 0.15) is 5.84 Å². The lowest BCUT2D eigenvalue weighted by atomic mass is 10.6. The first-order valence-electron chi connectivity index (χ1n) is 2.95. The van der Waals surface area contributed by atoms with Crippen molar-refractivity contribution in [3.63, 3.8) is 0 Å². The van der Waals surface area contributed by atoms with E-state index in [1.54, 1.807) is 12.4 Å². The predicted molar refractivity (Wildman–Crippen MR) is 46.8 cm³/mol. The molecule has 1 rings (SSSR count). The molecule has 0 bridgehead atoms. The molecule has 0 saturated heterocycles. The summed E-state index contributed by atoms with van der Waals surface area (Å²) in [7, 11) is 0. The van der Waals surface area contributed by atoms with Gasteiger partial charge in [0.15, 0.2) is 5.13 Å². The Balaban J connectivity index is 2.40. The summed E-state index contributed by atoms with van der Waals surface area (Å²) in [6, 6.07) is 0. The van der Waals surface area contributed by atoms with Gasteiger partial charge in [-0.2, -0.15) is 0 Å². The van der Waals surface area contributed by atoms with Crippen molar-refractivity contribution in [1.29, 1.82) is 5.41 Å². The summed E-state index contributed by atoms with van der Waals surface area (Å²) in [6.45, 7) is 0. The monoisotopic (exact) mass is 168 g/mol. The number of amidine groups is 1. The van der Waals surface area contributed by atoms with Gasteiger partial charge in [-0.3, -0.25) is 5.41 Å². The third-order valence-electron chi connectivity index (χ3n) is 0.902. The summed E-state index contributed by atoms with van der Waals surface area (Å²) in [4.78, 5) is 3.96. The molecule has 0 aliphatic heterocycles. The van der Waals surface area contributed by atoms with Crippen molar-refractivity contribution in [2.75, 3.05) is 5.32 Å². The predicted octanol–water partition coefficient (Wildman–Crippen LogP) is 1.00. The Bertz CT molecular complexity index is 252. The zero-order chi connectivity index (χ0) is 8.10. The van der Waals surface area contributed by atoms with Gasteiger partial charge in [0.25, 0.3) is 0 Å². The Hall–Kier alpha value is -1.36. The molecule has 11 heavy (non-hydrogen) atoms. The molecule has 0 unspecified atom stereocenters. The van der Waals surface area contributed by atoms with E-state index in [4.69, 9.17) is 11.1 Å². The molecule has 0 radical (unpaired) electrons. The van der Waals surface area contributed by atoms with Crippen LogP contribution in [0.15, 0.2) is 23.9 Å². The number of nitrogens with one attached hydrogen (secondary N) is 2. The van der Waals surface area contributed by atoms with Crippen LogP contribution in [0.3, 0.4) is 0 Å². The van der Waals surface area contributed by atoms with E-state index < -0.39 is 0 Å². The number of aromatic nitrogens is 1. The van der Waals surface area contributed by atoms with Crippen LogP contribution in [0.2, 0.25) is 0 Å². The van der Waals surface area contributed by atoms with Crippen LogP contribution in [-0.2, 0) is 0 Å². The minimum Gasteiger partial charge on any atom is -0.384 e. The molecule has 0 fully saturated rings. The zero-order valence-electron chi connectivity index (χ0n) is 5.74. The summed E-state index contributed by atoms with van der Waals surface area (Å²) >= 11 is 1.49. The maximum atomic E-state index is 6.86. The lowest BCUT2D eigenvalue weighted by molar-refractivity contribution is 1.39. The quantitative estimate of drug-likeness (QED) is 0.465. The van der Waals surface area contributed by atoms with E-state index in [0.717, 1.165) is 5.13 Å². The molecular formula is C6H8N4S. The van der Waals surface area contributed by atoms with E-state index in [1.807, 2.05) is 5.38 Å². The van der Waals surface area contributed by atoms with Crippen molar-refractivity contribution in [2.45, 2.75) is 0 Å². The molecule has 4 N–H and O–H groups in total. The molecule has 0 spiro atoms. The molecule has 0 amide bonds. The van der Waals surface area contributed by atoms with Crippen LogP contribution >= 0.6 is 11.3 Å². The summed E-state index contributed by atoms with van der Waals surface area (Å²) in [6.07, 6.45) is 4.75. The Morgan fingerprint density at radius 1 is 1.82 bits per heavy atom. The number of thiazole rings is 1. The standard InChI is InChI=1S/C6H8N4S/c7-5(8)1-2-9-6-10-3-4-11-6/h1-4H,(H3,7,8)(H,9,10)/b2-1-. The van der Waals surface area contributed by atoms with E-state index in [2.05, 4.69) is 10.3 Å². The molecule has 0 atom stereocenters.